The molecule has 2 heteroatoms. The average Bonchev–Trinajstić information content (AvgIpc) is 2.47. The number of hydrogen-bond acceptors (Lipinski definition) is 0. The molecule has 0 saturated heterocycles. The summed E-state index contributed by atoms with van der Waals surface area (Å²) in [6.45, 7) is 2.23. The number of hydrogen-bond donors (Lipinski definition) is 0. The Morgan fingerprint density at radius 2 is 2.00 bits per heavy atom. The maximum atomic E-state index is 13.8. The van der Waals surface area contributed by atoms with Crippen LogP contribution in [0.2, 0.25) is 0 Å². The zero-order chi connectivity index (χ0) is 14.4. The van der Waals surface area contributed by atoms with Gasteiger partial charge in [-0.2, -0.15) is 0 Å². The van der Waals surface area contributed by atoms with Crippen molar-refractivity contribution in [3.8, 4) is 0 Å². The van der Waals surface area contributed by atoms with Gasteiger partial charge in [0.1, 0.15) is 0 Å². The van der Waals surface area contributed by atoms with E-state index in [0.717, 1.165) is 30.8 Å². The van der Waals surface area contributed by atoms with Gasteiger partial charge in [-0.3, -0.25) is 0 Å². The second-order valence-corrected chi connectivity index (χ2v) is 5.82. The van der Waals surface area contributed by atoms with Crippen LogP contribution in [-0.4, -0.2) is 0 Å². The number of benzene rings is 1. The van der Waals surface area contributed by atoms with Crippen LogP contribution in [0.15, 0.2) is 24.3 Å². The number of halogens is 2. The molecule has 1 aromatic carbocycles. The van der Waals surface area contributed by atoms with E-state index >= 15 is 0 Å². The summed E-state index contributed by atoms with van der Waals surface area (Å²) in [7, 11) is 0. The Kier molecular flexibility index (Phi) is 5.75. The zero-order valence-corrected chi connectivity index (χ0v) is 12.3. The van der Waals surface area contributed by atoms with E-state index in [1.54, 1.807) is 12.1 Å². The van der Waals surface area contributed by atoms with Gasteiger partial charge in [-0.05, 0) is 36.8 Å². The molecule has 0 nitrogen and oxygen atoms in total. The van der Waals surface area contributed by atoms with Crippen molar-refractivity contribution in [3.63, 3.8) is 0 Å². The standard InChI is InChI=1S/C18H24F2/c1-2-3-4-5-7-14-10-12-15(13-11-14)16-8-6-9-17(19)18(16)20/h6,8-9,12,14H,2-5,7,10-11,13H2,1H3. The van der Waals surface area contributed by atoms with Crippen LogP contribution in [0.5, 0.6) is 0 Å². The number of rotatable bonds is 6. The van der Waals surface area contributed by atoms with E-state index in [2.05, 4.69) is 13.0 Å². The summed E-state index contributed by atoms with van der Waals surface area (Å²) in [5.74, 6) is -0.711. The van der Waals surface area contributed by atoms with Gasteiger partial charge in [-0.1, -0.05) is 57.2 Å². The highest BCUT2D eigenvalue weighted by Crippen LogP contribution is 2.34. The third kappa shape index (κ3) is 3.91. The quantitative estimate of drug-likeness (QED) is 0.550. The summed E-state index contributed by atoms with van der Waals surface area (Å²) < 4.78 is 27.0. The van der Waals surface area contributed by atoms with Crippen molar-refractivity contribution >= 4 is 5.57 Å². The lowest BCUT2D eigenvalue weighted by molar-refractivity contribution is 0.424. The minimum absolute atomic E-state index is 0.453. The third-order valence-corrected chi connectivity index (χ3v) is 4.28. The molecular weight excluding hydrogens is 254 g/mol. The molecule has 0 fully saturated rings. The number of unbranched alkanes of at least 4 members (excludes halogenated alkanes) is 3. The minimum atomic E-state index is -0.745. The topological polar surface area (TPSA) is 0 Å². The molecule has 1 atom stereocenters. The van der Waals surface area contributed by atoms with Crippen LogP contribution in [0.3, 0.4) is 0 Å². The van der Waals surface area contributed by atoms with Crippen LogP contribution >= 0.6 is 0 Å². The van der Waals surface area contributed by atoms with Crippen molar-refractivity contribution in [1.82, 2.24) is 0 Å². The van der Waals surface area contributed by atoms with Crippen LogP contribution in [0.1, 0.15) is 63.9 Å². The highest BCUT2D eigenvalue weighted by atomic mass is 19.2. The van der Waals surface area contributed by atoms with Gasteiger partial charge in [-0.15, -0.1) is 0 Å². The Bertz CT molecular complexity index is 462. The average molecular weight is 278 g/mol. The van der Waals surface area contributed by atoms with Gasteiger partial charge >= 0.3 is 0 Å². The van der Waals surface area contributed by atoms with Crippen LogP contribution in [0, 0.1) is 17.6 Å². The van der Waals surface area contributed by atoms with Crippen LogP contribution < -0.4 is 0 Å². The molecule has 0 saturated carbocycles. The lowest BCUT2D eigenvalue weighted by Gasteiger charge is -2.22. The second kappa shape index (κ2) is 7.56. The summed E-state index contributed by atoms with van der Waals surface area (Å²) in [5.41, 5.74) is 1.43. The molecule has 0 N–H and O–H groups in total. The summed E-state index contributed by atoms with van der Waals surface area (Å²) >= 11 is 0. The first-order chi connectivity index (χ1) is 9.72. The summed E-state index contributed by atoms with van der Waals surface area (Å²) in [5, 5.41) is 0. The smallest absolute Gasteiger partial charge is 0.166 e. The molecule has 0 heterocycles. The molecule has 1 unspecified atom stereocenters. The predicted octanol–water partition coefficient (Wildman–Crippen LogP) is 6.12. The van der Waals surface area contributed by atoms with Crippen molar-refractivity contribution in [2.24, 2.45) is 5.92 Å². The monoisotopic (exact) mass is 278 g/mol. The van der Waals surface area contributed by atoms with Crippen molar-refractivity contribution in [2.45, 2.75) is 58.3 Å². The lowest BCUT2D eigenvalue weighted by Crippen LogP contribution is -2.06. The molecule has 0 amide bonds. The van der Waals surface area contributed by atoms with Crippen molar-refractivity contribution in [2.75, 3.05) is 0 Å². The van der Waals surface area contributed by atoms with E-state index < -0.39 is 11.6 Å². The molecule has 0 spiro atoms. The van der Waals surface area contributed by atoms with Crippen LogP contribution in [0.25, 0.3) is 5.57 Å². The molecule has 1 aliphatic rings. The summed E-state index contributed by atoms with van der Waals surface area (Å²) in [6, 6.07) is 4.45. The lowest BCUT2D eigenvalue weighted by atomic mass is 9.83. The molecule has 2 rings (SSSR count). The van der Waals surface area contributed by atoms with Gasteiger partial charge in [0.15, 0.2) is 11.6 Å². The molecule has 20 heavy (non-hydrogen) atoms. The molecule has 110 valence electrons. The van der Waals surface area contributed by atoms with Crippen molar-refractivity contribution in [3.05, 3.63) is 41.5 Å². The Morgan fingerprint density at radius 1 is 1.15 bits per heavy atom. The van der Waals surface area contributed by atoms with Gasteiger partial charge in [0.2, 0.25) is 0 Å². The van der Waals surface area contributed by atoms with E-state index in [4.69, 9.17) is 0 Å². The third-order valence-electron chi connectivity index (χ3n) is 4.28. The molecule has 0 bridgehead atoms. The zero-order valence-electron chi connectivity index (χ0n) is 12.3. The SMILES string of the molecule is CCCCCCC1CC=C(c2cccc(F)c2F)CC1. The first-order valence-electron chi connectivity index (χ1n) is 7.85. The van der Waals surface area contributed by atoms with E-state index in [0.29, 0.717) is 5.56 Å². The fourth-order valence-electron chi connectivity index (χ4n) is 3.01. The molecular formula is C18H24F2. The van der Waals surface area contributed by atoms with Crippen molar-refractivity contribution < 1.29 is 8.78 Å². The van der Waals surface area contributed by atoms with Gasteiger partial charge in [-0.25, -0.2) is 8.78 Å². The van der Waals surface area contributed by atoms with E-state index in [1.807, 2.05) is 0 Å². The van der Waals surface area contributed by atoms with Gasteiger partial charge in [0.05, 0.1) is 0 Å². The minimum Gasteiger partial charge on any atom is -0.204 e. The largest absolute Gasteiger partial charge is 0.204 e. The van der Waals surface area contributed by atoms with E-state index in [-0.39, 0.29) is 0 Å². The maximum Gasteiger partial charge on any atom is 0.166 e. The first-order valence-corrected chi connectivity index (χ1v) is 7.85. The first kappa shape index (κ1) is 15.2. The molecule has 0 aromatic heterocycles. The highest BCUT2D eigenvalue weighted by Gasteiger charge is 2.18. The van der Waals surface area contributed by atoms with Gasteiger partial charge < -0.3 is 0 Å². The summed E-state index contributed by atoms with van der Waals surface area (Å²) in [6.07, 6.45) is 11.6. The van der Waals surface area contributed by atoms with E-state index in [1.165, 1.54) is 38.2 Å². The van der Waals surface area contributed by atoms with Crippen molar-refractivity contribution in [1.29, 1.82) is 0 Å². The fraction of sp³-hybridized carbons (Fsp3) is 0.556. The molecule has 1 aromatic rings. The molecule has 1 aliphatic carbocycles. The summed E-state index contributed by atoms with van der Waals surface area (Å²) in [4.78, 5) is 0. The highest BCUT2D eigenvalue weighted by molar-refractivity contribution is 5.66. The van der Waals surface area contributed by atoms with Gasteiger partial charge in [0, 0.05) is 5.56 Å². The molecule has 0 radical (unpaired) electrons. The Balaban J connectivity index is 1.90. The second-order valence-electron chi connectivity index (χ2n) is 5.82. The Hall–Kier alpha value is -1.18. The van der Waals surface area contributed by atoms with Gasteiger partial charge in [0.25, 0.3) is 0 Å². The number of allylic oxidation sites excluding steroid dienone is 2. The van der Waals surface area contributed by atoms with Crippen LogP contribution in [-0.2, 0) is 0 Å². The van der Waals surface area contributed by atoms with Crippen LogP contribution in [0.4, 0.5) is 8.78 Å². The Morgan fingerprint density at radius 3 is 2.70 bits per heavy atom. The predicted molar refractivity (Wildman–Crippen MR) is 80.4 cm³/mol. The maximum absolute atomic E-state index is 13.8. The van der Waals surface area contributed by atoms with E-state index in [9.17, 15) is 8.78 Å². The Labute approximate surface area is 120 Å². The molecule has 0 aliphatic heterocycles. The fourth-order valence-corrected chi connectivity index (χ4v) is 3.01. The normalized spacial score (nSPS) is 18.9.